The van der Waals surface area contributed by atoms with E-state index in [0.29, 0.717) is 6.04 Å². The maximum atomic E-state index is 11.6. The number of halogens is 2. The van der Waals surface area contributed by atoms with Crippen LogP contribution in [0.3, 0.4) is 0 Å². The number of hydrogen-bond acceptors (Lipinski definition) is 3. The fraction of sp³-hybridized carbons (Fsp3) is 0.909. The number of carbonyl (C=O) groups excluding carboxylic acids is 1. The van der Waals surface area contributed by atoms with Crippen LogP contribution < -0.4 is 11.1 Å². The minimum absolute atomic E-state index is 0. The van der Waals surface area contributed by atoms with Gasteiger partial charge in [0, 0.05) is 12.6 Å². The summed E-state index contributed by atoms with van der Waals surface area (Å²) in [5.74, 6) is 0.177. The van der Waals surface area contributed by atoms with Crippen LogP contribution in [0.15, 0.2) is 0 Å². The topological polar surface area (TPSA) is 58.4 Å². The van der Waals surface area contributed by atoms with Crippen LogP contribution in [-0.2, 0) is 4.79 Å². The predicted octanol–water partition coefficient (Wildman–Crippen LogP) is 1.02. The van der Waals surface area contributed by atoms with Crippen LogP contribution in [0.5, 0.6) is 0 Å². The molecule has 104 valence electrons. The lowest BCUT2D eigenvalue weighted by molar-refractivity contribution is -0.123. The molecule has 0 aromatic rings. The molecule has 0 saturated carbocycles. The lowest BCUT2D eigenvalue weighted by Gasteiger charge is -2.21. The van der Waals surface area contributed by atoms with Crippen LogP contribution >= 0.6 is 24.8 Å². The summed E-state index contributed by atoms with van der Waals surface area (Å²) in [5.41, 5.74) is 5.75. The quantitative estimate of drug-likeness (QED) is 0.811. The fourth-order valence-corrected chi connectivity index (χ4v) is 1.88. The summed E-state index contributed by atoms with van der Waals surface area (Å²) >= 11 is 0. The minimum Gasteiger partial charge on any atom is -0.353 e. The van der Waals surface area contributed by atoms with E-state index in [1.165, 1.54) is 12.8 Å². The highest BCUT2D eigenvalue weighted by atomic mass is 35.5. The van der Waals surface area contributed by atoms with Crippen LogP contribution in [-0.4, -0.2) is 43.0 Å². The van der Waals surface area contributed by atoms with Crippen LogP contribution in [0.1, 0.15) is 26.7 Å². The predicted molar refractivity (Wildman–Crippen MR) is 76.0 cm³/mol. The standard InChI is InChI=1S/C11H23N3O.2ClH/c1-8(2)10(12)11(15)13-7-9-5-4-6-14(9)3;;/h8-10H,4-7,12H2,1-3H3,(H,13,15);2*1H. The Bertz CT molecular complexity index is 227. The van der Waals surface area contributed by atoms with Crippen molar-refractivity contribution in [2.45, 2.75) is 38.8 Å². The molecule has 1 fully saturated rings. The number of amides is 1. The number of hydrogen-bond donors (Lipinski definition) is 2. The summed E-state index contributed by atoms with van der Waals surface area (Å²) in [7, 11) is 2.10. The van der Waals surface area contributed by atoms with Crippen molar-refractivity contribution in [2.75, 3.05) is 20.1 Å². The zero-order valence-electron chi connectivity index (χ0n) is 10.8. The van der Waals surface area contributed by atoms with Gasteiger partial charge in [0.2, 0.25) is 5.91 Å². The second-order valence-electron chi connectivity index (χ2n) is 4.79. The number of likely N-dealkylation sites (tertiary alicyclic amines) is 1. The number of nitrogens with zero attached hydrogens (tertiary/aromatic N) is 1. The maximum absolute atomic E-state index is 11.6. The Morgan fingerprint density at radius 1 is 1.47 bits per heavy atom. The first-order valence-corrected chi connectivity index (χ1v) is 5.76. The summed E-state index contributed by atoms with van der Waals surface area (Å²) in [6, 6.07) is 0.116. The van der Waals surface area contributed by atoms with Gasteiger partial charge in [-0.25, -0.2) is 0 Å². The maximum Gasteiger partial charge on any atom is 0.237 e. The van der Waals surface area contributed by atoms with Gasteiger partial charge in [-0.3, -0.25) is 4.79 Å². The van der Waals surface area contributed by atoms with E-state index in [1.54, 1.807) is 0 Å². The summed E-state index contributed by atoms with van der Waals surface area (Å²) in [5, 5.41) is 2.93. The third-order valence-corrected chi connectivity index (χ3v) is 3.20. The Balaban J connectivity index is 0. The molecule has 1 aliphatic rings. The highest BCUT2D eigenvalue weighted by Crippen LogP contribution is 2.13. The van der Waals surface area contributed by atoms with E-state index in [0.717, 1.165) is 13.1 Å². The van der Waals surface area contributed by atoms with Gasteiger partial charge in [-0.15, -0.1) is 24.8 Å². The number of nitrogens with one attached hydrogen (secondary N) is 1. The van der Waals surface area contributed by atoms with Crippen molar-refractivity contribution < 1.29 is 4.79 Å². The van der Waals surface area contributed by atoms with Gasteiger partial charge >= 0.3 is 0 Å². The lowest BCUT2D eigenvalue weighted by Crippen LogP contribution is -2.47. The first-order chi connectivity index (χ1) is 7.02. The molecule has 0 radical (unpaired) electrons. The molecule has 6 heteroatoms. The van der Waals surface area contributed by atoms with Gasteiger partial charge in [0.05, 0.1) is 6.04 Å². The van der Waals surface area contributed by atoms with Crippen molar-refractivity contribution in [3.8, 4) is 0 Å². The Morgan fingerprint density at radius 3 is 2.47 bits per heavy atom. The van der Waals surface area contributed by atoms with Gasteiger partial charge in [0.15, 0.2) is 0 Å². The Morgan fingerprint density at radius 2 is 2.06 bits per heavy atom. The van der Waals surface area contributed by atoms with Gasteiger partial charge in [-0.05, 0) is 32.4 Å². The number of rotatable bonds is 4. The van der Waals surface area contributed by atoms with E-state index in [4.69, 9.17) is 5.73 Å². The van der Waals surface area contributed by atoms with Crippen molar-refractivity contribution >= 4 is 30.7 Å². The highest BCUT2D eigenvalue weighted by Gasteiger charge is 2.23. The average molecular weight is 286 g/mol. The summed E-state index contributed by atoms with van der Waals surface area (Å²) in [6.07, 6.45) is 2.40. The minimum atomic E-state index is -0.378. The molecule has 2 atom stereocenters. The first kappa shape index (κ1) is 19.3. The summed E-state index contributed by atoms with van der Waals surface area (Å²) in [4.78, 5) is 13.9. The van der Waals surface area contributed by atoms with E-state index in [9.17, 15) is 4.79 Å². The smallest absolute Gasteiger partial charge is 0.237 e. The van der Waals surface area contributed by atoms with Crippen molar-refractivity contribution in [3.63, 3.8) is 0 Å². The monoisotopic (exact) mass is 285 g/mol. The highest BCUT2D eigenvalue weighted by molar-refractivity contribution is 5.85. The molecule has 0 aromatic carbocycles. The largest absolute Gasteiger partial charge is 0.353 e. The Kier molecular flexibility index (Phi) is 10.2. The molecule has 1 heterocycles. The van der Waals surface area contributed by atoms with Crippen LogP contribution in [0.4, 0.5) is 0 Å². The van der Waals surface area contributed by atoms with Crippen molar-refractivity contribution in [1.29, 1.82) is 0 Å². The second-order valence-corrected chi connectivity index (χ2v) is 4.79. The number of nitrogens with two attached hydrogens (primary N) is 1. The molecule has 1 rings (SSSR count). The molecule has 2 unspecified atom stereocenters. The van der Waals surface area contributed by atoms with Gasteiger partial charge in [-0.2, -0.15) is 0 Å². The van der Waals surface area contributed by atoms with Crippen LogP contribution in [0.2, 0.25) is 0 Å². The number of carbonyl (C=O) groups is 1. The molecular weight excluding hydrogens is 261 g/mol. The molecule has 1 saturated heterocycles. The van der Waals surface area contributed by atoms with E-state index >= 15 is 0 Å². The van der Waals surface area contributed by atoms with Gasteiger partial charge < -0.3 is 16.0 Å². The molecule has 0 spiro atoms. The summed E-state index contributed by atoms with van der Waals surface area (Å²) in [6.45, 7) is 5.80. The van der Waals surface area contributed by atoms with Crippen molar-refractivity contribution in [2.24, 2.45) is 11.7 Å². The zero-order valence-corrected chi connectivity index (χ0v) is 12.4. The third kappa shape index (κ3) is 5.91. The van der Waals surface area contributed by atoms with Gasteiger partial charge in [0.25, 0.3) is 0 Å². The van der Waals surface area contributed by atoms with Gasteiger partial charge in [0.1, 0.15) is 0 Å². The van der Waals surface area contributed by atoms with Gasteiger partial charge in [-0.1, -0.05) is 13.8 Å². The number of likely N-dealkylation sites (N-methyl/N-ethyl adjacent to an activating group) is 1. The molecule has 3 N–H and O–H groups in total. The van der Waals surface area contributed by atoms with Crippen LogP contribution in [0, 0.1) is 5.92 Å². The fourth-order valence-electron chi connectivity index (χ4n) is 1.88. The molecule has 17 heavy (non-hydrogen) atoms. The molecule has 0 bridgehead atoms. The molecule has 0 aliphatic carbocycles. The average Bonchev–Trinajstić information content (AvgIpc) is 2.59. The van der Waals surface area contributed by atoms with E-state index in [2.05, 4.69) is 17.3 Å². The molecule has 4 nitrogen and oxygen atoms in total. The van der Waals surface area contributed by atoms with Crippen molar-refractivity contribution in [1.82, 2.24) is 10.2 Å². The van der Waals surface area contributed by atoms with Crippen molar-refractivity contribution in [3.05, 3.63) is 0 Å². The van der Waals surface area contributed by atoms with E-state index in [-0.39, 0.29) is 42.7 Å². The van der Waals surface area contributed by atoms with E-state index in [1.807, 2.05) is 13.8 Å². The summed E-state index contributed by atoms with van der Waals surface area (Å²) < 4.78 is 0. The lowest BCUT2D eigenvalue weighted by atomic mass is 10.0. The van der Waals surface area contributed by atoms with Crippen LogP contribution in [0.25, 0.3) is 0 Å². The van der Waals surface area contributed by atoms with E-state index < -0.39 is 0 Å². The normalized spacial score (nSPS) is 21.6. The SMILES string of the molecule is CC(C)C(N)C(=O)NCC1CCCN1C.Cl.Cl. The second kappa shape index (κ2) is 8.97. The Hall–Kier alpha value is -0.0300. The molecular formula is C11H25Cl2N3O. The first-order valence-electron chi connectivity index (χ1n) is 5.76. The molecule has 1 amide bonds. The zero-order chi connectivity index (χ0) is 11.4. The Labute approximate surface area is 117 Å². The molecule has 1 aliphatic heterocycles. The molecule has 0 aromatic heterocycles. The third-order valence-electron chi connectivity index (χ3n) is 3.20.